The third kappa shape index (κ3) is 7.16. The summed E-state index contributed by atoms with van der Waals surface area (Å²) in [6.07, 6.45) is 0. The first-order valence-corrected chi connectivity index (χ1v) is 13.4. The highest BCUT2D eigenvalue weighted by Gasteiger charge is 2.32. The summed E-state index contributed by atoms with van der Waals surface area (Å²) >= 11 is 0. The molecule has 0 saturated heterocycles. The zero-order valence-corrected chi connectivity index (χ0v) is 22.2. The van der Waals surface area contributed by atoms with Crippen molar-refractivity contribution in [1.29, 1.82) is 0 Å². The van der Waals surface area contributed by atoms with Gasteiger partial charge in [0.1, 0.15) is 18.4 Å². The Morgan fingerprint density at radius 2 is 1.57 bits per heavy atom. The second-order valence-electron chi connectivity index (χ2n) is 9.15. The number of sulfonamides is 1. The van der Waals surface area contributed by atoms with Crippen LogP contribution in [0.3, 0.4) is 0 Å². The second kappa shape index (κ2) is 12.0. The Labute approximate surface area is 218 Å². The maximum atomic E-state index is 13.8. The molecule has 0 saturated carbocycles. The predicted molar refractivity (Wildman–Crippen MR) is 142 cm³/mol. The van der Waals surface area contributed by atoms with Gasteiger partial charge in [-0.3, -0.25) is 13.9 Å². The van der Waals surface area contributed by atoms with Crippen molar-refractivity contribution in [3.8, 4) is 0 Å². The quantitative estimate of drug-likeness (QED) is 0.428. The van der Waals surface area contributed by atoms with Gasteiger partial charge in [-0.2, -0.15) is 0 Å². The van der Waals surface area contributed by atoms with Crippen LogP contribution in [0.5, 0.6) is 0 Å². The van der Waals surface area contributed by atoms with Crippen LogP contribution < -0.4 is 9.62 Å². The Balaban J connectivity index is 2.01. The molecule has 0 bridgehead atoms. The number of aryl methyl sites for hydroxylation is 1. The van der Waals surface area contributed by atoms with Gasteiger partial charge in [-0.15, -0.1) is 0 Å². The fourth-order valence-corrected chi connectivity index (χ4v) is 5.29. The van der Waals surface area contributed by atoms with E-state index in [4.69, 9.17) is 0 Å². The summed E-state index contributed by atoms with van der Waals surface area (Å²) in [6, 6.07) is 19.1. The lowest BCUT2D eigenvalue weighted by Crippen LogP contribution is -2.52. The maximum Gasteiger partial charge on any atom is 0.264 e. The zero-order chi connectivity index (χ0) is 27.2. The van der Waals surface area contributed by atoms with E-state index in [1.807, 2.05) is 45.0 Å². The Hall–Kier alpha value is -3.72. The van der Waals surface area contributed by atoms with Crippen LogP contribution in [0.2, 0.25) is 0 Å². The van der Waals surface area contributed by atoms with Crippen LogP contribution in [-0.4, -0.2) is 43.8 Å². The number of nitrogens with zero attached hydrogens (tertiary/aromatic N) is 2. The van der Waals surface area contributed by atoms with E-state index in [0.717, 1.165) is 27.6 Å². The lowest BCUT2D eigenvalue weighted by molar-refractivity contribution is -0.139. The molecular weight excluding hydrogens is 493 g/mol. The van der Waals surface area contributed by atoms with Crippen LogP contribution in [0.25, 0.3) is 0 Å². The number of rotatable bonds is 10. The Kier molecular flexibility index (Phi) is 9.04. The van der Waals surface area contributed by atoms with Crippen molar-refractivity contribution in [3.05, 3.63) is 95.8 Å². The highest BCUT2D eigenvalue weighted by Crippen LogP contribution is 2.25. The molecular formula is C28H32FN3O4S. The van der Waals surface area contributed by atoms with Gasteiger partial charge in [0.25, 0.3) is 10.0 Å². The van der Waals surface area contributed by atoms with E-state index >= 15 is 0 Å². The summed E-state index contributed by atoms with van der Waals surface area (Å²) in [5.74, 6) is -1.46. The van der Waals surface area contributed by atoms with Gasteiger partial charge in [-0.05, 0) is 69.7 Å². The van der Waals surface area contributed by atoms with E-state index in [-0.39, 0.29) is 29.1 Å². The molecule has 0 unspecified atom stereocenters. The summed E-state index contributed by atoms with van der Waals surface area (Å²) < 4.78 is 41.8. The molecule has 0 fully saturated rings. The van der Waals surface area contributed by atoms with E-state index in [0.29, 0.717) is 0 Å². The van der Waals surface area contributed by atoms with Crippen molar-refractivity contribution >= 4 is 27.5 Å². The fourth-order valence-electron chi connectivity index (χ4n) is 3.85. The summed E-state index contributed by atoms with van der Waals surface area (Å²) in [5.41, 5.74) is 1.92. The van der Waals surface area contributed by atoms with Crippen molar-refractivity contribution in [2.45, 2.75) is 51.2 Å². The number of hydrogen-bond acceptors (Lipinski definition) is 4. The lowest BCUT2D eigenvalue weighted by atomic mass is 10.1. The van der Waals surface area contributed by atoms with Crippen molar-refractivity contribution in [3.63, 3.8) is 0 Å². The molecule has 196 valence electrons. The molecule has 1 atom stereocenters. The normalized spacial score (nSPS) is 12.2. The third-order valence-electron chi connectivity index (χ3n) is 5.76. The molecule has 3 aromatic rings. The molecule has 0 aliphatic carbocycles. The van der Waals surface area contributed by atoms with E-state index in [1.165, 1.54) is 29.2 Å². The topological polar surface area (TPSA) is 86.8 Å². The van der Waals surface area contributed by atoms with Crippen molar-refractivity contribution in [2.24, 2.45) is 0 Å². The molecule has 0 aliphatic rings. The molecule has 9 heteroatoms. The van der Waals surface area contributed by atoms with Gasteiger partial charge in [0.05, 0.1) is 10.6 Å². The zero-order valence-electron chi connectivity index (χ0n) is 21.4. The van der Waals surface area contributed by atoms with Crippen LogP contribution in [0, 0.1) is 12.7 Å². The minimum absolute atomic E-state index is 0.0111. The number of amides is 2. The van der Waals surface area contributed by atoms with Gasteiger partial charge >= 0.3 is 0 Å². The highest BCUT2D eigenvalue weighted by molar-refractivity contribution is 7.92. The number of halogens is 1. The monoisotopic (exact) mass is 525 g/mol. The molecule has 3 aromatic carbocycles. The van der Waals surface area contributed by atoms with Gasteiger partial charge < -0.3 is 10.2 Å². The summed E-state index contributed by atoms with van der Waals surface area (Å²) in [4.78, 5) is 28.0. The Bertz CT molecular complexity index is 1330. The number of nitrogens with one attached hydrogen (secondary N) is 1. The highest BCUT2D eigenvalue weighted by atomic mass is 32.2. The van der Waals surface area contributed by atoms with E-state index < -0.39 is 34.3 Å². The van der Waals surface area contributed by atoms with Crippen LogP contribution in [-0.2, 0) is 26.2 Å². The van der Waals surface area contributed by atoms with Gasteiger partial charge in [0.15, 0.2) is 0 Å². The first-order chi connectivity index (χ1) is 17.5. The van der Waals surface area contributed by atoms with Crippen LogP contribution in [0.4, 0.5) is 10.1 Å². The number of anilines is 1. The number of hydrogen-bond donors (Lipinski definition) is 1. The standard InChI is InChI=1S/C28H32FN3O4S/c1-20(2)30-28(34)22(4)31(18-23-10-8-9-21(3)17-23)27(33)19-32(25-15-13-24(29)14-16-25)37(35,36)26-11-6-5-7-12-26/h5-17,20,22H,18-19H2,1-4H3,(H,30,34)/t22-/m0/s1. The van der Waals surface area contributed by atoms with Crippen molar-refractivity contribution < 1.29 is 22.4 Å². The average Bonchev–Trinajstić information content (AvgIpc) is 2.86. The van der Waals surface area contributed by atoms with Gasteiger partial charge in [0, 0.05) is 12.6 Å². The van der Waals surface area contributed by atoms with Gasteiger partial charge in [-0.1, -0.05) is 48.0 Å². The first kappa shape index (κ1) is 27.9. The largest absolute Gasteiger partial charge is 0.352 e. The van der Waals surface area contributed by atoms with Crippen LogP contribution in [0.15, 0.2) is 83.8 Å². The SMILES string of the molecule is Cc1cccc(CN(C(=O)CN(c2ccc(F)cc2)S(=O)(=O)c2ccccc2)[C@@H](C)C(=O)NC(C)C)c1. The molecule has 3 rings (SSSR count). The average molecular weight is 526 g/mol. The number of carbonyl (C=O) groups is 2. The van der Waals surface area contributed by atoms with E-state index in [2.05, 4.69) is 5.32 Å². The lowest BCUT2D eigenvalue weighted by Gasteiger charge is -2.32. The fraction of sp³-hybridized carbons (Fsp3) is 0.286. The molecule has 0 radical (unpaired) electrons. The van der Waals surface area contributed by atoms with Crippen LogP contribution >= 0.6 is 0 Å². The molecule has 0 heterocycles. The molecule has 0 spiro atoms. The Morgan fingerprint density at radius 3 is 2.16 bits per heavy atom. The number of benzene rings is 3. The number of carbonyl (C=O) groups excluding carboxylic acids is 2. The van der Waals surface area contributed by atoms with Gasteiger partial charge in [0.2, 0.25) is 11.8 Å². The second-order valence-corrected chi connectivity index (χ2v) is 11.0. The first-order valence-electron chi connectivity index (χ1n) is 12.0. The minimum Gasteiger partial charge on any atom is -0.352 e. The molecule has 37 heavy (non-hydrogen) atoms. The molecule has 2 amide bonds. The van der Waals surface area contributed by atoms with Crippen molar-refractivity contribution in [2.75, 3.05) is 10.8 Å². The molecule has 0 aliphatic heterocycles. The Morgan fingerprint density at radius 1 is 0.919 bits per heavy atom. The summed E-state index contributed by atoms with van der Waals surface area (Å²) in [7, 11) is -4.18. The van der Waals surface area contributed by atoms with E-state index in [1.54, 1.807) is 25.1 Å². The van der Waals surface area contributed by atoms with Gasteiger partial charge in [-0.25, -0.2) is 12.8 Å². The van der Waals surface area contributed by atoms with E-state index in [9.17, 15) is 22.4 Å². The summed E-state index contributed by atoms with van der Waals surface area (Å²) in [6.45, 7) is 6.70. The minimum atomic E-state index is -4.18. The smallest absolute Gasteiger partial charge is 0.264 e. The molecule has 0 aromatic heterocycles. The maximum absolute atomic E-state index is 13.8. The summed E-state index contributed by atoms with van der Waals surface area (Å²) in [5, 5.41) is 2.82. The molecule has 7 nitrogen and oxygen atoms in total. The van der Waals surface area contributed by atoms with Crippen molar-refractivity contribution in [1.82, 2.24) is 10.2 Å². The predicted octanol–water partition coefficient (Wildman–Crippen LogP) is 4.27. The van der Waals surface area contributed by atoms with Crippen LogP contribution in [0.1, 0.15) is 31.9 Å². The third-order valence-corrected chi connectivity index (χ3v) is 7.55. The molecule has 1 N–H and O–H groups in total.